The highest BCUT2D eigenvalue weighted by atomic mass is 32.2. The van der Waals surface area contributed by atoms with E-state index in [4.69, 9.17) is 5.84 Å². The molecule has 0 saturated carbocycles. The van der Waals surface area contributed by atoms with Crippen molar-refractivity contribution in [1.29, 1.82) is 0 Å². The lowest BCUT2D eigenvalue weighted by atomic mass is 10.1. The van der Waals surface area contributed by atoms with E-state index in [-0.39, 0.29) is 30.0 Å². The zero-order chi connectivity index (χ0) is 16.0. The van der Waals surface area contributed by atoms with Crippen molar-refractivity contribution in [3.8, 4) is 0 Å². The van der Waals surface area contributed by atoms with Crippen molar-refractivity contribution in [3.63, 3.8) is 0 Å². The fourth-order valence-corrected chi connectivity index (χ4v) is 2.27. The Bertz CT molecular complexity index is 644. The summed E-state index contributed by atoms with van der Waals surface area (Å²) in [4.78, 5) is 22.1. The maximum absolute atomic E-state index is 11.9. The lowest BCUT2D eigenvalue weighted by Gasteiger charge is -2.07. The minimum absolute atomic E-state index is 0.0697. The molecule has 0 aliphatic rings. The molecule has 0 saturated heterocycles. The van der Waals surface area contributed by atoms with Gasteiger partial charge in [0.25, 0.3) is 11.6 Å². The lowest BCUT2D eigenvalue weighted by molar-refractivity contribution is -0.385. The van der Waals surface area contributed by atoms with Crippen molar-refractivity contribution in [2.24, 2.45) is 5.84 Å². The number of anilines is 1. The Kier molecular flexibility index (Phi) is 5.61. The molecule has 0 bridgehead atoms. The number of hydrazine groups is 1. The zero-order valence-corrected chi connectivity index (χ0v) is 12.1. The third-order valence-electron chi connectivity index (χ3n) is 2.58. The minimum Gasteiger partial charge on any atom is -0.352 e. The minimum atomic E-state index is -3.11. The topological polar surface area (TPSA) is 144 Å². The molecule has 0 heterocycles. The van der Waals surface area contributed by atoms with Crippen molar-refractivity contribution in [3.05, 3.63) is 33.9 Å². The van der Waals surface area contributed by atoms with Crippen LogP contribution in [0.25, 0.3) is 0 Å². The molecule has 1 aromatic carbocycles. The van der Waals surface area contributed by atoms with Gasteiger partial charge < -0.3 is 10.7 Å². The van der Waals surface area contributed by atoms with Crippen LogP contribution in [-0.4, -0.2) is 37.8 Å². The number of sulfone groups is 1. The molecule has 0 aliphatic carbocycles. The van der Waals surface area contributed by atoms with Crippen molar-refractivity contribution in [1.82, 2.24) is 5.32 Å². The molecule has 1 aromatic rings. The predicted molar refractivity (Wildman–Crippen MR) is 77.6 cm³/mol. The molecule has 0 fully saturated rings. The second-order valence-corrected chi connectivity index (χ2v) is 6.63. The van der Waals surface area contributed by atoms with Gasteiger partial charge in [0.1, 0.15) is 15.4 Å². The maximum atomic E-state index is 11.9. The summed E-state index contributed by atoms with van der Waals surface area (Å²) in [5.74, 6) is 4.47. The molecule has 116 valence electrons. The summed E-state index contributed by atoms with van der Waals surface area (Å²) in [5, 5.41) is 13.3. The van der Waals surface area contributed by atoms with E-state index in [0.717, 1.165) is 6.26 Å². The van der Waals surface area contributed by atoms with Crippen LogP contribution in [0.1, 0.15) is 16.8 Å². The number of hydrogen-bond acceptors (Lipinski definition) is 7. The fraction of sp³-hybridized carbons (Fsp3) is 0.364. The Morgan fingerprint density at radius 2 is 2.10 bits per heavy atom. The summed E-state index contributed by atoms with van der Waals surface area (Å²) < 4.78 is 21.9. The Morgan fingerprint density at radius 3 is 2.62 bits per heavy atom. The maximum Gasteiger partial charge on any atom is 0.282 e. The summed E-state index contributed by atoms with van der Waals surface area (Å²) in [6.45, 7) is 0.101. The molecule has 1 rings (SSSR count). The number of carbonyl (C=O) groups excluding carboxylic acids is 1. The first kappa shape index (κ1) is 16.9. The largest absolute Gasteiger partial charge is 0.352 e. The van der Waals surface area contributed by atoms with Crippen LogP contribution in [-0.2, 0) is 9.84 Å². The Morgan fingerprint density at radius 1 is 1.43 bits per heavy atom. The number of hydrogen-bond donors (Lipinski definition) is 3. The third kappa shape index (κ3) is 5.36. The monoisotopic (exact) mass is 316 g/mol. The molecule has 0 unspecified atom stereocenters. The molecule has 0 aromatic heterocycles. The number of nitro benzene ring substituents is 1. The van der Waals surface area contributed by atoms with E-state index < -0.39 is 20.7 Å². The number of amides is 1. The van der Waals surface area contributed by atoms with Crippen molar-refractivity contribution in [2.75, 3.05) is 24.0 Å². The zero-order valence-electron chi connectivity index (χ0n) is 11.3. The average Bonchev–Trinajstić information content (AvgIpc) is 2.41. The number of carbonyl (C=O) groups is 1. The molecule has 0 spiro atoms. The van der Waals surface area contributed by atoms with Crippen molar-refractivity contribution in [2.45, 2.75) is 6.42 Å². The van der Waals surface area contributed by atoms with Gasteiger partial charge in [-0.3, -0.25) is 20.8 Å². The third-order valence-corrected chi connectivity index (χ3v) is 3.61. The van der Waals surface area contributed by atoms with Crippen LogP contribution in [0.5, 0.6) is 0 Å². The van der Waals surface area contributed by atoms with Crippen molar-refractivity contribution < 1.29 is 18.1 Å². The van der Waals surface area contributed by atoms with Crippen LogP contribution in [0.4, 0.5) is 11.4 Å². The number of nitrogens with zero attached hydrogens (tertiary/aromatic N) is 1. The Labute approximate surface area is 121 Å². The van der Waals surface area contributed by atoms with Crippen LogP contribution in [0.2, 0.25) is 0 Å². The summed E-state index contributed by atoms with van der Waals surface area (Å²) in [6, 6.07) is 3.79. The van der Waals surface area contributed by atoms with Gasteiger partial charge in [0, 0.05) is 24.6 Å². The van der Waals surface area contributed by atoms with Gasteiger partial charge in [-0.25, -0.2) is 8.42 Å². The number of nitro groups is 1. The van der Waals surface area contributed by atoms with Crippen LogP contribution in [0.3, 0.4) is 0 Å². The van der Waals surface area contributed by atoms with Gasteiger partial charge in [0.05, 0.1) is 10.7 Å². The standard InChI is InChI=1S/C11H16N4O5S/c1-21(19,20)6-2-5-13-11(16)9-7-8(14-12)3-4-10(9)15(17)18/h3-4,7,14H,2,5-6,12H2,1H3,(H,13,16). The predicted octanol–water partition coefficient (Wildman–Crippen LogP) is 0.0449. The first-order chi connectivity index (χ1) is 9.74. The Hall–Kier alpha value is -2.20. The number of nitrogens with two attached hydrogens (primary N) is 1. The summed E-state index contributed by atoms with van der Waals surface area (Å²) >= 11 is 0. The molecular weight excluding hydrogens is 300 g/mol. The molecule has 0 atom stereocenters. The highest BCUT2D eigenvalue weighted by Crippen LogP contribution is 2.22. The van der Waals surface area contributed by atoms with E-state index in [9.17, 15) is 23.3 Å². The number of rotatable bonds is 7. The molecule has 10 heteroatoms. The number of nitrogen functional groups attached to an aromatic ring is 1. The average molecular weight is 316 g/mol. The van der Waals surface area contributed by atoms with Gasteiger partial charge in [-0.1, -0.05) is 0 Å². The Balaban J connectivity index is 2.79. The first-order valence-electron chi connectivity index (χ1n) is 5.95. The first-order valence-corrected chi connectivity index (χ1v) is 8.01. The van der Waals surface area contributed by atoms with Gasteiger partial charge in [-0.2, -0.15) is 0 Å². The fourth-order valence-electron chi connectivity index (χ4n) is 1.60. The number of benzene rings is 1. The second-order valence-electron chi connectivity index (χ2n) is 4.37. The normalized spacial score (nSPS) is 11.0. The van der Waals surface area contributed by atoms with E-state index in [2.05, 4.69) is 10.7 Å². The van der Waals surface area contributed by atoms with Crippen molar-refractivity contribution >= 4 is 27.1 Å². The molecule has 9 nitrogen and oxygen atoms in total. The summed E-state index contributed by atoms with van der Waals surface area (Å²) in [5.41, 5.74) is 2.15. The second kappa shape index (κ2) is 6.99. The van der Waals surface area contributed by atoms with E-state index in [1.807, 2.05) is 0 Å². The smallest absolute Gasteiger partial charge is 0.282 e. The highest BCUT2D eigenvalue weighted by molar-refractivity contribution is 7.90. The molecular formula is C11H16N4O5S. The lowest BCUT2D eigenvalue weighted by Crippen LogP contribution is -2.26. The molecule has 4 N–H and O–H groups in total. The molecule has 1 amide bonds. The van der Waals surface area contributed by atoms with Crippen LogP contribution < -0.4 is 16.6 Å². The van der Waals surface area contributed by atoms with E-state index in [0.29, 0.717) is 5.69 Å². The summed E-state index contributed by atoms with van der Waals surface area (Å²) in [7, 11) is -3.11. The molecule has 21 heavy (non-hydrogen) atoms. The van der Waals surface area contributed by atoms with Crippen LogP contribution in [0, 0.1) is 10.1 Å². The van der Waals surface area contributed by atoms with E-state index in [1.54, 1.807) is 0 Å². The number of nitrogens with one attached hydrogen (secondary N) is 2. The molecule has 0 aliphatic heterocycles. The van der Waals surface area contributed by atoms with Gasteiger partial charge in [0.15, 0.2) is 0 Å². The van der Waals surface area contributed by atoms with Crippen LogP contribution in [0.15, 0.2) is 18.2 Å². The SMILES string of the molecule is CS(=O)(=O)CCCNC(=O)c1cc(NN)ccc1[N+](=O)[O-]. The quantitative estimate of drug-likeness (QED) is 0.279. The molecule has 0 radical (unpaired) electrons. The van der Waals surface area contributed by atoms with Gasteiger partial charge >= 0.3 is 0 Å². The summed E-state index contributed by atoms with van der Waals surface area (Å²) in [6.07, 6.45) is 1.32. The van der Waals surface area contributed by atoms with Gasteiger partial charge in [0.2, 0.25) is 0 Å². The van der Waals surface area contributed by atoms with Gasteiger partial charge in [-0.15, -0.1) is 0 Å². The van der Waals surface area contributed by atoms with Gasteiger partial charge in [-0.05, 0) is 18.6 Å². The van der Waals surface area contributed by atoms with E-state index in [1.165, 1.54) is 18.2 Å². The van der Waals surface area contributed by atoms with E-state index >= 15 is 0 Å². The highest BCUT2D eigenvalue weighted by Gasteiger charge is 2.20. The van der Waals surface area contributed by atoms with Crippen LogP contribution >= 0.6 is 0 Å².